The summed E-state index contributed by atoms with van der Waals surface area (Å²) >= 11 is 0. The Kier molecular flexibility index (Phi) is 5.45. The first-order valence-electron chi connectivity index (χ1n) is 7.09. The molecule has 0 bridgehead atoms. The van der Waals surface area contributed by atoms with Crippen molar-refractivity contribution < 1.29 is 4.74 Å². The second kappa shape index (κ2) is 6.41. The van der Waals surface area contributed by atoms with E-state index >= 15 is 0 Å². The van der Waals surface area contributed by atoms with Crippen LogP contribution >= 0.6 is 0 Å². The highest BCUT2D eigenvalue weighted by Gasteiger charge is 2.53. The normalized spacial score (nSPS) is 27.1. The molecule has 1 aliphatic rings. The summed E-state index contributed by atoms with van der Waals surface area (Å²) in [5, 5.41) is 3.38. The van der Waals surface area contributed by atoms with Crippen LogP contribution in [0.4, 0.5) is 0 Å². The van der Waals surface area contributed by atoms with E-state index in [-0.39, 0.29) is 5.41 Å². The molecule has 3 N–H and O–H groups in total. The van der Waals surface area contributed by atoms with Gasteiger partial charge in [0.2, 0.25) is 0 Å². The van der Waals surface area contributed by atoms with E-state index in [4.69, 9.17) is 10.5 Å². The van der Waals surface area contributed by atoms with Gasteiger partial charge in [-0.1, -0.05) is 27.7 Å². The summed E-state index contributed by atoms with van der Waals surface area (Å²) in [6, 6.07) is 0.397. The molecule has 18 heavy (non-hydrogen) atoms. The molecular weight excluding hydrogens is 226 g/mol. The summed E-state index contributed by atoms with van der Waals surface area (Å²) in [7, 11) is 1.80. The molecular formula is C14H29N3O. The highest BCUT2D eigenvalue weighted by atomic mass is 16.5. The molecule has 2 unspecified atom stereocenters. The predicted molar refractivity (Wildman–Crippen MR) is 76.7 cm³/mol. The molecule has 1 saturated carbocycles. The summed E-state index contributed by atoms with van der Waals surface area (Å²) in [5.74, 6) is 1.12. The van der Waals surface area contributed by atoms with E-state index < -0.39 is 0 Å². The fourth-order valence-corrected chi connectivity index (χ4v) is 2.98. The maximum Gasteiger partial charge on any atom is 0.188 e. The molecule has 0 spiro atoms. The molecule has 0 aromatic carbocycles. The van der Waals surface area contributed by atoms with Gasteiger partial charge in [-0.05, 0) is 25.2 Å². The zero-order valence-electron chi connectivity index (χ0n) is 12.5. The van der Waals surface area contributed by atoms with Crippen molar-refractivity contribution >= 4 is 5.96 Å². The Morgan fingerprint density at radius 1 is 1.44 bits per heavy atom. The van der Waals surface area contributed by atoms with Crippen LogP contribution in [0, 0.1) is 11.3 Å². The number of ether oxygens (including phenoxy) is 1. The third-order valence-corrected chi connectivity index (χ3v) is 4.33. The van der Waals surface area contributed by atoms with E-state index in [1.807, 2.05) is 0 Å². The number of hydrogen-bond donors (Lipinski definition) is 2. The Bertz CT molecular complexity index is 285. The average Bonchev–Trinajstić information content (AvgIpc) is 2.33. The monoisotopic (exact) mass is 255 g/mol. The largest absolute Gasteiger partial charge is 0.381 e. The number of methoxy groups -OCH3 is 1. The van der Waals surface area contributed by atoms with Crippen LogP contribution in [0.5, 0.6) is 0 Å². The van der Waals surface area contributed by atoms with E-state index in [0.29, 0.717) is 24.0 Å². The van der Waals surface area contributed by atoms with Crippen LogP contribution in [0.1, 0.15) is 47.0 Å². The van der Waals surface area contributed by atoms with Gasteiger partial charge in [0.25, 0.3) is 0 Å². The standard InChI is InChI=1S/C14H29N3O/c1-6-14(7-2)11(8-12(14)18-5)17-13(15)16-9-10(3)4/h10-12H,6-9H2,1-5H3,(H3,15,16,17). The van der Waals surface area contributed by atoms with Gasteiger partial charge >= 0.3 is 0 Å². The Labute approximate surface area is 111 Å². The highest BCUT2D eigenvalue weighted by Crippen LogP contribution is 2.48. The van der Waals surface area contributed by atoms with Crippen molar-refractivity contribution in [2.45, 2.75) is 59.1 Å². The smallest absolute Gasteiger partial charge is 0.188 e. The van der Waals surface area contributed by atoms with Crippen LogP contribution in [0.25, 0.3) is 0 Å². The summed E-state index contributed by atoms with van der Waals surface area (Å²) in [6.45, 7) is 9.52. The summed E-state index contributed by atoms with van der Waals surface area (Å²) in [5.41, 5.74) is 6.16. The predicted octanol–water partition coefficient (Wildman–Crippen LogP) is 2.14. The fraction of sp³-hybridized carbons (Fsp3) is 0.929. The van der Waals surface area contributed by atoms with E-state index in [1.165, 1.54) is 0 Å². The molecule has 0 amide bonds. The van der Waals surface area contributed by atoms with Crippen molar-refractivity contribution in [1.29, 1.82) is 0 Å². The minimum Gasteiger partial charge on any atom is -0.381 e. The topological polar surface area (TPSA) is 59.6 Å². The van der Waals surface area contributed by atoms with Gasteiger partial charge in [-0.3, -0.25) is 4.99 Å². The maximum absolute atomic E-state index is 5.95. The number of nitrogens with one attached hydrogen (secondary N) is 1. The lowest BCUT2D eigenvalue weighted by atomic mass is 9.58. The molecule has 0 aliphatic heterocycles. The molecule has 0 saturated heterocycles. The molecule has 4 heteroatoms. The van der Waals surface area contributed by atoms with Crippen molar-refractivity contribution in [2.24, 2.45) is 22.1 Å². The van der Waals surface area contributed by atoms with Crippen LogP contribution in [0.15, 0.2) is 4.99 Å². The molecule has 1 rings (SSSR count). The van der Waals surface area contributed by atoms with Crippen LogP contribution in [-0.4, -0.2) is 31.8 Å². The Hall–Kier alpha value is -0.770. The fourth-order valence-electron chi connectivity index (χ4n) is 2.98. The summed E-state index contributed by atoms with van der Waals surface area (Å²) in [6.07, 6.45) is 3.59. The van der Waals surface area contributed by atoms with Gasteiger partial charge in [0, 0.05) is 25.1 Å². The third kappa shape index (κ3) is 2.97. The van der Waals surface area contributed by atoms with Crippen molar-refractivity contribution in [3.8, 4) is 0 Å². The maximum atomic E-state index is 5.95. The lowest BCUT2D eigenvalue weighted by molar-refractivity contribution is -0.118. The third-order valence-electron chi connectivity index (χ3n) is 4.33. The molecule has 2 atom stereocenters. The summed E-state index contributed by atoms with van der Waals surface area (Å²) < 4.78 is 5.57. The van der Waals surface area contributed by atoms with Crippen LogP contribution < -0.4 is 11.1 Å². The molecule has 4 nitrogen and oxygen atoms in total. The van der Waals surface area contributed by atoms with Crippen molar-refractivity contribution in [3.05, 3.63) is 0 Å². The van der Waals surface area contributed by atoms with E-state index in [1.54, 1.807) is 7.11 Å². The lowest BCUT2D eigenvalue weighted by Crippen LogP contribution is -2.65. The molecule has 1 aliphatic carbocycles. The first-order valence-corrected chi connectivity index (χ1v) is 7.09. The van der Waals surface area contributed by atoms with E-state index in [0.717, 1.165) is 25.8 Å². The Morgan fingerprint density at radius 2 is 2.06 bits per heavy atom. The lowest BCUT2D eigenvalue weighted by Gasteiger charge is -2.55. The van der Waals surface area contributed by atoms with Gasteiger partial charge in [-0.2, -0.15) is 0 Å². The molecule has 1 fully saturated rings. The van der Waals surface area contributed by atoms with Gasteiger partial charge in [0.1, 0.15) is 0 Å². The Balaban J connectivity index is 2.60. The van der Waals surface area contributed by atoms with Gasteiger partial charge in [0.05, 0.1) is 6.10 Å². The molecule has 0 aromatic rings. The minimum absolute atomic E-state index is 0.215. The number of hydrogen-bond acceptors (Lipinski definition) is 2. The van der Waals surface area contributed by atoms with E-state index in [9.17, 15) is 0 Å². The van der Waals surface area contributed by atoms with Gasteiger partial charge in [0.15, 0.2) is 5.96 Å². The SMILES string of the molecule is CCC1(CC)C(NC(N)=NCC(C)C)CC1OC. The van der Waals surface area contributed by atoms with Crippen LogP contribution in [0.2, 0.25) is 0 Å². The van der Waals surface area contributed by atoms with Gasteiger partial charge < -0.3 is 15.8 Å². The average molecular weight is 255 g/mol. The second-order valence-electron chi connectivity index (χ2n) is 5.72. The van der Waals surface area contributed by atoms with Crippen molar-refractivity contribution in [1.82, 2.24) is 5.32 Å². The number of rotatable bonds is 6. The second-order valence-corrected chi connectivity index (χ2v) is 5.72. The first-order chi connectivity index (χ1) is 8.50. The van der Waals surface area contributed by atoms with Crippen molar-refractivity contribution in [2.75, 3.05) is 13.7 Å². The first kappa shape index (κ1) is 15.3. The number of guanidine groups is 1. The van der Waals surface area contributed by atoms with Crippen LogP contribution in [-0.2, 0) is 4.74 Å². The molecule has 0 radical (unpaired) electrons. The van der Waals surface area contributed by atoms with Gasteiger partial charge in [-0.25, -0.2) is 0 Å². The molecule has 0 heterocycles. The zero-order chi connectivity index (χ0) is 13.8. The number of aliphatic imine (C=N–C) groups is 1. The number of nitrogens with zero attached hydrogens (tertiary/aromatic N) is 1. The van der Waals surface area contributed by atoms with Crippen molar-refractivity contribution in [3.63, 3.8) is 0 Å². The zero-order valence-corrected chi connectivity index (χ0v) is 12.5. The van der Waals surface area contributed by atoms with Crippen LogP contribution in [0.3, 0.4) is 0 Å². The summed E-state index contributed by atoms with van der Waals surface area (Å²) in [4.78, 5) is 4.37. The number of nitrogens with two attached hydrogens (primary N) is 1. The quantitative estimate of drug-likeness (QED) is 0.565. The Morgan fingerprint density at radius 3 is 2.50 bits per heavy atom. The van der Waals surface area contributed by atoms with E-state index in [2.05, 4.69) is 38.0 Å². The molecule has 106 valence electrons. The highest BCUT2D eigenvalue weighted by molar-refractivity contribution is 5.78. The molecule has 0 aromatic heterocycles. The minimum atomic E-state index is 0.215. The van der Waals surface area contributed by atoms with Gasteiger partial charge in [-0.15, -0.1) is 0 Å².